The second kappa shape index (κ2) is 5.71. The van der Waals surface area contributed by atoms with Crippen molar-refractivity contribution in [2.24, 2.45) is 0 Å². The first-order valence-electron chi connectivity index (χ1n) is 5.66. The van der Waals surface area contributed by atoms with E-state index in [-0.39, 0.29) is 17.8 Å². The average Bonchev–Trinajstić information content (AvgIpc) is 2.33. The van der Waals surface area contributed by atoms with Crippen LogP contribution in [0.2, 0.25) is 0 Å². The van der Waals surface area contributed by atoms with Gasteiger partial charge in [0.1, 0.15) is 17.2 Å². The molecule has 98 valence electrons. The van der Waals surface area contributed by atoms with Gasteiger partial charge in [0.2, 0.25) is 0 Å². The van der Waals surface area contributed by atoms with E-state index in [1.54, 1.807) is 6.92 Å². The monoisotopic (exact) mass is 255 g/mol. The molecule has 0 heterocycles. The first-order valence-corrected chi connectivity index (χ1v) is 5.66. The van der Waals surface area contributed by atoms with E-state index in [0.29, 0.717) is 0 Å². The topological polar surface area (TPSA) is 46.2 Å². The molecule has 0 bridgehead atoms. The second-order valence-corrected chi connectivity index (χ2v) is 4.07. The summed E-state index contributed by atoms with van der Waals surface area (Å²) in [4.78, 5) is 23.0. The largest absolute Gasteiger partial charge is 0.342 e. The number of carbonyl (C=O) groups is 2. The molecule has 3 nitrogen and oxygen atoms in total. The van der Waals surface area contributed by atoms with Crippen molar-refractivity contribution in [2.75, 3.05) is 0 Å². The number of rotatable bonds is 4. The van der Waals surface area contributed by atoms with Gasteiger partial charge in [-0.15, -0.1) is 0 Å². The molecule has 0 radical (unpaired) electrons. The van der Waals surface area contributed by atoms with Crippen molar-refractivity contribution in [1.82, 2.24) is 5.32 Å². The fourth-order valence-electron chi connectivity index (χ4n) is 1.52. The highest BCUT2D eigenvalue weighted by atomic mass is 19.1. The van der Waals surface area contributed by atoms with Crippen molar-refractivity contribution in [2.45, 2.75) is 33.2 Å². The Labute approximate surface area is 104 Å². The lowest BCUT2D eigenvalue weighted by Gasteiger charge is -2.13. The van der Waals surface area contributed by atoms with E-state index in [4.69, 9.17) is 0 Å². The van der Waals surface area contributed by atoms with Gasteiger partial charge in [0.05, 0.1) is 6.04 Å². The third kappa shape index (κ3) is 2.91. The van der Waals surface area contributed by atoms with Crippen LogP contribution in [0.15, 0.2) is 12.1 Å². The zero-order chi connectivity index (χ0) is 13.9. The van der Waals surface area contributed by atoms with Gasteiger partial charge in [-0.2, -0.15) is 0 Å². The van der Waals surface area contributed by atoms with Crippen LogP contribution in [0.4, 0.5) is 8.78 Å². The molecular formula is C13H15F2NO2. The molecule has 0 fully saturated rings. The number of Topliss-reactive ketones (excluding diaryl/α,β-unsaturated/α-hetero) is 1. The molecule has 0 saturated carbocycles. The standard InChI is InChI=1S/C13H15F2NO2/c1-4-10(17)8(3)16-13(18)11-9(14)6-5-7(2)12(11)15/h5-6,8H,4H2,1-3H3,(H,16,18). The molecular weight excluding hydrogens is 240 g/mol. The molecule has 18 heavy (non-hydrogen) atoms. The summed E-state index contributed by atoms with van der Waals surface area (Å²) in [6, 6.07) is 1.52. The molecule has 0 aliphatic carbocycles. The van der Waals surface area contributed by atoms with Crippen LogP contribution in [0.1, 0.15) is 36.2 Å². The van der Waals surface area contributed by atoms with E-state index in [2.05, 4.69) is 5.32 Å². The molecule has 0 saturated heterocycles. The number of carbonyl (C=O) groups excluding carboxylic acids is 2. The van der Waals surface area contributed by atoms with Crippen molar-refractivity contribution in [3.63, 3.8) is 0 Å². The molecule has 1 atom stereocenters. The van der Waals surface area contributed by atoms with Gasteiger partial charge in [0.25, 0.3) is 5.91 Å². The number of aryl methyl sites for hydroxylation is 1. The predicted octanol–water partition coefficient (Wildman–Crippen LogP) is 2.37. The van der Waals surface area contributed by atoms with Crippen LogP contribution >= 0.6 is 0 Å². The van der Waals surface area contributed by atoms with Crippen LogP contribution in [0.3, 0.4) is 0 Å². The van der Waals surface area contributed by atoms with E-state index in [1.165, 1.54) is 19.9 Å². The van der Waals surface area contributed by atoms with Crippen molar-refractivity contribution >= 4 is 11.7 Å². The Morgan fingerprint density at radius 1 is 1.33 bits per heavy atom. The molecule has 1 N–H and O–H groups in total. The summed E-state index contributed by atoms with van der Waals surface area (Å²) >= 11 is 0. The van der Waals surface area contributed by atoms with E-state index in [9.17, 15) is 18.4 Å². The number of amides is 1. The van der Waals surface area contributed by atoms with Gasteiger partial charge in [-0.3, -0.25) is 9.59 Å². The van der Waals surface area contributed by atoms with E-state index in [1.807, 2.05) is 0 Å². The molecule has 1 aromatic carbocycles. The summed E-state index contributed by atoms with van der Waals surface area (Å²) in [5, 5.41) is 2.29. The van der Waals surface area contributed by atoms with Crippen LogP contribution in [0, 0.1) is 18.6 Å². The Bertz CT molecular complexity index is 486. The van der Waals surface area contributed by atoms with Crippen LogP contribution in [0.25, 0.3) is 0 Å². The van der Waals surface area contributed by atoms with Crippen molar-refractivity contribution in [3.8, 4) is 0 Å². The minimum Gasteiger partial charge on any atom is -0.342 e. The Balaban J connectivity index is 2.98. The Morgan fingerprint density at radius 3 is 2.50 bits per heavy atom. The number of hydrogen-bond donors (Lipinski definition) is 1. The van der Waals surface area contributed by atoms with E-state index in [0.717, 1.165) is 6.07 Å². The zero-order valence-corrected chi connectivity index (χ0v) is 10.5. The maximum absolute atomic E-state index is 13.7. The molecule has 0 aliphatic heterocycles. The molecule has 0 aromatic heterocycles. The molecule has 1 amide bonds. The third-order valence-corrected chi connectivity index (χ3v) is 2.69. The first kappa shape index (κ1) is 14.3. The van der Waals surface area contributed by atoms with Gasteiger partial charge in [0.15, 0.2) is 5.78 Å². The van der Waals surface area contributed by atoms with Crippen LogP contribution in [-0.4, -0.2) is 17.7 Å². The van der Waals surface area contributed by atoms with Crippen molar-refractivity contribution < 1.29 is 18.4 Å². The van der Waals surface area contributed by atoms with Crippen molar-refractivity contribution in [3.05, 3.63) is 34.9 Å². The van der Waals surface area contributed by atoms with Crippen LogP contribution in [-0.2, 0) is 4.79 Å². The highest BCUT2D eigenvalue weighted by molar-refractivity contribution is 5.98. The maximum atomic E-state index is 13.7. The Morgan fingerprint density at radius 2 is 1.94 bits per heavy atom. The smallest absolute Gasteiger partial charge is 0.257 e. The quantitative estimate of drug-likeness (QED) is 0.897. The summed E-state index contributed by atoms with van der Waals surface area (Å²) < 4.78 is 27.1. The molecule has 1 rings (SSSR count). The van der Waals surface area contributed by atoms with Gasteiger partial charge in [-0.1, -0.05) is 13.0 Å². The summed E-state index contributed by atoms with van der Waals surface area (Å²) in [6.45, 7) is 4.57. The van der Waals surface area contributed by atoms with Gasteiger partial charge >= 0.3 is 0 Å². The molecule has 0 aliphatic rings. The number of hydrogen-bond acceptors (Lipinski definition) is 2. The van der Waals surface area contributed by atoms with Gasteiger partial charge < -0.3 is 5.32 Å². The number of ketones is 1. The highest BCUT2D eigenvalue weighted by Gasteiger charge is 2.22. The SMILES string of the molecule is CCC(=O)C(C)NC(=O)c1c(F)ccc(C)c1F. The van der Waals surface area contributed by atoms with E-state index >= 15 is 0 Å². The number of halogens is 2. The summed E-state index contributed by atoms with van der Waals surface area (Å²) in [7, 11) is 0. The fraction of sp³-hybridized carbons (Fsp3) is 0.385. The first-order chi connectivity index (χ1) is 8.38. The molecule has 5 heteroatoms. The van der Waals surface area contributed by atoms with Gasteiger partial charge in [0, 0.05) is 6.42 Å². The lowest BCUT2D eigenvalue weighted by atomic mass is 10.1. The molecule has 0 spiro atoms. The maximum Gasteiger partial charge on any atom is 0.257 e. The number of benzene rings is 1. The van der Waals surface area contributed by atoms with Crippen molar-refractivity contribution in [1.29, 1.82) is 0 Å². The lowest BCUT2D eigenvalue weighted by molar-refractivity contribution is -0.120. The van der Waals surface area contributed by atoms with Crippen LogP contribution in [0.5, 0.6) is 0 Å². The summed E-state index contributed by atoms with van der Waals surface area (Å²) in [5.41, 5.74) is -0.471. The lowest BCUT2D eigenvalue weighted by Crippen LogP contribution is -2.39. The van der Waals surface area contributed by atoms with Crippen LogP contribution < -0.4 is 5.32 Å². The average molecular weight is 255 g/mol. The third-order valence-electron chi connectivity index (χ3n) is 2.69. The Kier molecular flexibility index (Phi) is 4.53. The Hall–Kier alpha value is -1.78. The van der Waals surface area contributed by atoms with Gasteiger partial charge in [-0.05, 0) is 25.5 Å². The molecule has 1 aromatic rings. The fourth-order valence-corrected chi connectivity index (χ4v) is 1.52. The second-order valence-electron chi connectivity index (χ2n) is 4.07. The normalized spacial score (nSPS) is 12.1. The van der Waals surface area contributed by atoms with Gasteiger partial charge in [-0.25, -0.2) is 8.78 Å². The predicted molar refractivity (Wildman–Crippen MR) is 63.3 cm³/mol. The summed E-state index contributed by atoms with van der Waals surface area (Å²) in [6.07, 6.45) is 0.250. The minimum atomic E-state index is -0.938. The highest BCUT2D eigenvalue weighted by Crippen LogP contribution is 2.16. The van der Waals surface area contributed by atoms with E-state index < -0.39 is 29.1 Å². The zero-order valence-electron chi connectivity index (χ0n) is 10.5. The summed E-state index contributed by atoms with van der Waals surface area (Å²) in [5.74, 6) is -2.95. The molecule has 1 unspecified atom stereocenters. The number of nitrogens with one attached hydrogen (secondary N) is 1. The minimum absolute atomic E-state index is 0.177.